The zero-order valence-electron chi connectivity index (χ0n) is 18.7. The van der Waals surface area contributed by atoms with Crippen molar-refractivity contribution >= 4 is 17.5 Å². The Balaban J connectivity index is 1.62. The van der Waals surface area contributed by atoms with Crippen molar-refractivity contribution in [2.45, 2.75) is 45.6 Å². The minimum atomic E-state index is -0.126. The van der Waals surface area contributed by atoms with Gasteiger partial charge in [0, 0.05) is 11.6 Å². The summed E-state index contributed by atoms with van der Waals surface area (Å²) in [6.07, 6.45) is 4.93. The van der Waals surface area contributed by atoms with E-state index in [1.165, 1.54) is 31.2 Å². The van der Waals surface area contributed by atoms with Crippen LogP contribution in [0.25, 0.3) is 0 Å². The molecule has 1 heterocycles. The van der Waals surface area contributed by atoms with E-state index in [2.05, 4.69) is 22.3 Å². The molecule has 0 aromatic heterocycles. The highest BCUT2D eigenvalue weighted by molar-refractivity contribution is 6.32. The Morgan fingerprint density at radius 3 is 2.23 bits per heavy atom. The number of nitrogens with one attached hydrogen (secondary N) is 1. The summed E-state index contributed by atoms with van der Waals surface area (Å²) in [5.74, 6) is 1.37. The van der Waals surface area contributed by atoms with Crippen LogP contribution in [0.1, 0.15) is 48.4 Å². The lowest BCUT2D eigenvalue weighted by Gasteiger charge is -2.31. The number of nitrogens with zero attached hydrogens (tertiary/aromatic N) is 1. The molecule has 1 N–H and O–H groups in total. The Morgan fingerprint density at radius 2 is 1.65 bits per heavy atom. The highest BCUT2D eigenvalue weighted by Gasteiger charge is 2.22. The standard InChI is InChI=1S/C25H33ClN2O3/c1-18-14-22(15-19(2)25(18)26)31-17-24(29)27-16-23(28-12-6-4-5-7-13-28)20-8-10-21(30-3)11-9-20/h8-11,14-15,23H,4-7,12-13,16-17H2,1-3H3,(H,27,29)/t23-/m0/s1. The zero-order chi connectivity index (χ0) is 22.2. The van der Waals surface area contributed by atoms with Gasteiger partial charge in [-0.25, -0.2) is 0 Å². The molecular weight excluding hydrogens is 412 g/mol. The van der Waals surface area contributed by atoms with E-state index >= 15 is 0 Å². The maximum Gasteiger partial charge on any atom is 0.258 e. The molecule has 6 heteroatoms. The highest BCUT2D eigenvalue weighted by Crippen LogP contribution is 2.27. The van der Waals surface area contributed by atoms with Crippen molar-refractivity contribution < 1.29 is 14.3 Å². The van der Waals surface area contributed by atoms with Crippen LogP contribution in [0.3, 0.4) is 0 Å². The van der Waals surface area contributed by atoms with Crippen molar-refractivity contribution in [2.75, 3.05) is 33.4 Å². The van der Waals surface area contributed by atoms with Gasteiger partial charge in [-0.05, 0) is 80.7 Å². The molecule has 1 aliphatic heterocycles. The number of hydrogen-bond acceptors (Lipinski definition) is 4. The van der Waals surface area contributed by atoms with Gasteiger partial charge in [-0.2, -0.15) is 0 Å². The molecule has 1 amide bonds. The van der Waals surface area contributed by atoms with Gasteiger partial charge in [-0.3, -0.25) is 9.69 Å². The van der Waals surface area contributed by atoms with E-state index in [4.69, 9.17) is 21.1 Å². The molecule has 5 nitrogen and oxygen atoms in total. The molecule has 0 unspecified atom stereocenters. The first-order chi connectivity index (χ1) is 15.0. The average Bonchev–Trinajstić information content (AvgIpc) is 3.06. The maximum absolute atomic E-state index is 12.5. The molecule has 1 fully saturated rings. The summed E-state index contributed by atoms with van der Waals surface area (Å²) in [6.45, 7) is 6.49. The number of rotatable bonds is 8. The zero-order valence-corrected chi connectivity index (χ0v) is 19.5. The van der Waals surface area contributed by atoms with Gasteiger partial charge < -0.3 is 14.8 Å². The summed E-state index contributed by atoms with van der Waals surface area (Å²) in [7, 11) is 1.67. The normalized spacial score (nSPS) is 15.7. The third-order valence-corrected chi connectivity index (χ3v) is 6.45. The number of ether oxygens (including phenoxy) is 2. The lowest BCUT2D eigenvalue weighted by molar-refractivity contribution is -0.123. The Bertz CT molecular complexity index is 839. The van der Waals surface area contributed by atoms with E-state index in [0.717, 1.165) is 35.0 Å². The fraction of sp³-hybridized carbons (Fsp3) is 0.480. The molecule has 0 saturated carbocycles. The van der Waals surface area contributed by atoms with Gasteiger partial charge >= 0.3 is 0 Å². The summed E-state index contributed by atoms with van der Waals surface area (Å²) >= 11 is 6.21. The quantitative estimate of drug-likeness (QED) is 0.617. The molecule has 1 atom stereocenters. The van der Waals surface area contributed by atoms with Gasteiger partial charge in [-0.15, -0.1) is 0 Å². The molecule has 0 bridgehead atoms. The molecule has 2 aromatic rings. The minimum absolute atomic E-state index is 0.0180. The number of carbonyl (C=O) groups excluding carboxylic acids is 1. The van der Waals surface area contributed by atoms with E-state index < -0.39 is 0 Å². The minimum Gasteiger partial charge on any atom is -0.497 e. The molecule has 0 aliphatic carbocycles. The van der Waals surface area contributed by atoms with Gasteiger partial charge in [0.25, 0.3) is 5.91 Å². The summed E-state index contributed by atoms with van der Waals surface area (Å²) in [6, 6.07) is 12.0. The van der Waals surface area contributed by atoms with Crippen LogP contribution in [0, 0.1) is 13.8 Å². The van der Waals surface area contributed by atoms with Crippen LogP contribution in [-0.4, -0.2) is 44.2 Å². The topological polar surface area (TPSA) is 50.8 Å². The Labute approximate surface area is 190 Å². The number of benzene rings is 2. The van der Waals surface area contributed by atoms with Crippen LogP contribution in [0.5, 0.6) is 11.5 Å². The van der Waals surface area contributed by atoms with Gasteiger partial charge in [0.1, 0.15) is 11.5 Å². The van der Waals surface area contributed by atoms with Crippen molar-refractivity contribution in [2.24, 2.45) is 0 Å². The largest absolute Gasteiger partial charge is 0.497 e. The van der Waals surface area contributed by atoms with Crippen molar-refractivity contribution in [1.29, 1.82) is 0 Å². The maximum atomic E-state index is 12.5. The van der Waals surface area contributed by atoms with Crippen LogP contribution in [-0.2, 0) is 4.79 Å². The summed E-state index contributed by atoms with van der Waals surface area (Å²) in [4.78, 5) is 15.0. The van der Waals surface area contributed by atoms with Crippen LogP contribution in [0.15, 0.2) is 36.4 Å². The third kappa shape index (κ3) is 6.62. The summed E-state index contributed by atoms with van der Waals surface area (Å²) < 4.78 is 11.0. The van der Waals surface area contributed by atoms with E-state index in [0.29, 0.717) is 12.3 Å². The lowest BCUT2D eigenvalue weighted by Crippen LogP contribution is -2.40. The molecule has 0 radical (unpaired) electrons. The molecule has 1 saturated heterocycles. The smallest absolute Gasteiger partial charge is 0.258 e. The lowest BCUT2D eigenvalue weighted by atomic mass is 10.0. The van der Waals surface area contributed by atoms with Gasteiger partial charge in [0.05, 0.1) is 13.2 Å². The number of halogens is 1. The van der Waals surface area contributed by atoms with Crippen molar-refractivity contribution in [3.63, 3.8) is 0 Å². The Hall–Kier alpha value is -2.24. The molecule has 2 aromatic carbocycles. The second kappa shape index (κ2) is 11.4. The SMILES string of the molecule is COc1ccc([C@H](CNC(=O)COc2cc(C)c(Cl)c(C)c2)N2CCCCCC2)cc1. The molecule has 168 valence electrons. The van der Waals surface area contributed by atoms with E-state index in [9.17, 15) is 4.79 Å². The first-order valence-corrected chi connectivity index (χ1v) is 11.4. The Morgan fingerprint density at radius 1 is 1.03 bits per heavy atom. The summed E-state index contributed by atoms with van der Waals surface area (Å²) in [5, 5.41) is 3.81. The molecule has 0 spiro atoms. The number of methoxy groups -OCH3 is 1. The van der Waals surface area contributed by atoms with Crippen LogP contribution in [0.4, 0.5) is 0 Å². The van der Waals surface area contributed by atoms with Gasteiger partial charge in [0.2, 0.25) is 0 Å². The number of carbonyl (C=O) groups is 1. The van der Waals surface area contributed by atoms with Crippen molar-refractivity contribution in [3.8, 4) is 11.5 Å². The van der Waals surface area contributed by atoms with Crippen molar-refractivity contribution in [3.05, 3.63) is 58.1 Å². The number of likely N-dealkylation sites (tertiary alicyclic amines) is 1. The van der Waals surface area contributed by atoms with Crippen LogP contribution >= 0.6 is 11.6 Å². The number of amides is 1. The molecule has 31 heavy (non-hydrogen) atoms. The second-order valence-electron chi connectivity index (χ2n) is 8.20. The fourth-order valence-corrected chi connectivity index (χ4v) is 4.20. The molecule has 3 rings (SSSR count). The number of aryl methyl sites for hydroxylation is 2. The molecular formula is C25H33ClN2O3. The first-order valence-electron chi connectivity index (χ1n) is 11.0. The predicted octanol–water partition coefficient (Wildman–Crippen LogP) is 5.08. The van der Waals surface area contributed by atoms with E-state index in [1.807, 2.05) is 38.1 Å². The first kappa shape index (κ1) is 23.4. The Kier molecular flexibility index (Phi) is 8.61. The van der Waals surface area contributed by atoms with Gasteiger partial charge in [-0.1, -0.05) is 36.6 Å². The van der Waals surface area contributed by atoms with Crippen LogP contribution < -0.4 is 14.8 Å². The second-order valence-corrected chi connectivity index (χ2v) is 8.58. The number of hydrogen-bond donors (Lipinski definition) is 1. The predicted molar refractivity (Wildman–Crippen MR) is 125 cm³/mol. The fourth-order valence-electron chi connectivity index (χ4n) is 4.09. The van der Waals surface area contributed by atoms with E-state index in [-0.39, 0.29) is 18.6 Å². The monoisotopic (exact) mass is 444 g/mol. The van der Waals surface area contributed by atoms with Crippen molar-refractivity contribution in [1.82, 2.24) is 10.2 Å². The van der Waals surface area contributed by atoms with Crippen LogP contribution in [0.2, 0.25) is 5.02 Å². The van der Waals surface area contributed by atoms with E-state index in [1.54, 1.807) is 7.11 Å². The average molecular weight is 445 g/mol. The molecule has 1 aliphatic rings. The highest BCUT2D eigenvalue weighted by atomic mass is 35.5. The van der Waals surface area contributed by atoms with Gasteiger partial charge in [0.15, 0.2) is 6.61 Å². The third-order valence-electron chi connectivity index (χ3n) is 5.85. The summed E-state index contributed by atoms with van der Waals surface area (Å²) in [5.41, 5.74) is 3.07.